The van der Waals surface area contributed by atoms with Crippen molar-refractivity contribution in [3.8, 4) is 20.9 Å². The third-order valence-corrected chi connectivity index (χ3v) is 18.0. The van der Waals surface area contributed by atoms with Gasteiger partial charge in [-0.3, -0.25) is 0 Å². The van der Waals surface area contributed by atoms with E-state index in [1.165, 1.54) is 115 Å². The lowest BCUT2D eigenvalue weighted by Crippen LogP contribution is -2.29. The monoisotopic (exact) mass is 938 g/mol. The van der Waals surface area contributed by atoms with Gasteiger partial charge in [0.1, 0.15) is 0 Å². The van der Waals surface area contributed by atoms with E-state index in [-0.39, 0.29) is 21.7 Å². The molecule has 2 heterocycles. The van der Waals surface area contributed by atoms with E-state index >= 15 is 0 Å². The van der Waals surface area contributed by atoms with Crippen molar-refractivity contribution in [2.75, 3.05) is 0 Å². The average Bonchev–Trinajstić information content (AvgIpc) is 4.09. The maximum Gasteiger partial charge on any atom is 0.0722 e. The van der Waals surface area contributed by atoms with Gasteiger partial charge >= 0.3 is 0 Å². The number of hydrogen-bond acceptors (Lipinski definition) is 2. The molecule has 0 saturated heterocycles. The van der Waals surface area contributed by atoms with Gasteiger partial charge in [0.2, 0.25) is 0 Å². The Hall–Kier alpha value is -5.54. The number of hydrogen-bond donors (Lipinski definition) is 0. The zero-order valence-corrected chi connectivity index (χ0v) is 45.4. The Balaban J connectivity index is 1.31. The summed E-state index contributed by atoms with van der Waals surface area (Å²) in [6.07, 6.45) is 7.01. The second kappa shape index (κ2) is 16.0. The molecule has 6 aromatic carbocycles. The smallest absolute Gasteiger partial charge is 0.0722 e. The molecule has 2 aromatic heterocycles. The lowest BCUT2D eigenvalue weighted by molar-refractivity contribution is 0.519. The van der Waals surface area contributed by atoms with E-state index in [0.717, 1.165) is 5.57 Å². The van der Waals surface area contributed by atoms with Crippen molar-refractivity contribution < 1.29 is 0 Å². The number of thiophene rings is 2. The highest BCUT2D eigenvalue weighted by molar-refractivity contribution is 7.14. The number of rotatable bonds is 6. The molecule has 69 heavy (non-hydrogen) atoms. The van der Waals surface area contributed by atoms with Crippen LogP contribution in [0.2, 0.25) is 0 Å². The van der Waals surface area contributed by atoms with Gasteiger partial charge in [0.25, 0.3) is 0 Å². The van der Waals surface area contributed by atoms with Crippen LogP contribution in [0, 0.1) is 19.3 Å². The molecular formula is C67H70S2. The van der Waals surface area contributed by atoms with Crippen molar-refractivity contribution in [1.82, 2.24) is 0 Å². The van der Waals surface area contributed by atoms with Crippen LogP contribution in [0.15, 0.2) is 156 Å². The van der Waals surface area contributed by atoms with Crippen LogP contribution < -0.4 is 0 Å². The second-order valence-electron chi connectivity index (χ2n) is 24.3. The molecule has 2 aliphatic carbocycles. The summed E-state index contributed by atoms with van der Waals surface area (Å²) in [7, 11) is 0. The summed E-state index contributed by atoms with van der Waals surface area (Å²) in [6, 6.07) is 44.1. The molecule has 0 saturated carbocycles. The van der Waals surface area contributed by atoms with Crippen LogP contribution in [-0.2, 0) is 27.1 Å². The third kappa shape index (κ3) is 7.09. The molecule has 0 N–H and O–H groups in total. The van der Waals surface area contributed by atoms with E-state index in [4.69, 9.17) is 0 Å². The minimum Gasteiger partial charge on any atom is -0.143 e. The zero-order chi connectivity index (χ0) is 49.4. The van der Waals surface area contributed by atoms with Gasteiger partial charge in [-0.15, -0.1) is 22.7 Å². The molecule has 1 unspecified atom stereocenters. The van der Waals surface area contributed by atoms with Crippen molar-refractivity contribution in [2.45, 2.75) is 131 Å². The van der Waals surface area contributed by atoms with Crippen molar-refractivity contribution in [3.05, 3.63) is 223 Å². The number of allylic oxidation sites excluding steroid dienone is 5. The highest BCUT2D eigenvalue weighted by Gasteiger charge is 2.50. The summed E-state index contributed by atoms with van der Waals surface area (Å²) in [6.45, 7) is 39.1. The summed E-state index contributed by atoms with van der Waals surface area (Å²) < 4.78 is 0. The van der Waals surface area contributed by atoms with Crippen molar-refractivity contribution in [1.29, 1.82) is 0 Å². The van der Waals surface area contributed by atoms with Gasteiger partial charge in [-0.2, -0.15) is 0 Å². The first-order valence-corrected chi connectivity index (χ1v) is 26.8. The standard InChI is InChI=1S/C67H70S2/c1-17-43(19-18-40(2)62(5,6)7)66(47-26-20-44(21-27-47)63(8,9)10)56-32-34-68-60(56)54-36-50-41(3)42(4)51-37-55-59(39-53(51)52(50)38-58(54)66)67(57-33-35-69-61(55)57,48-28-22-45(23-29-48)64(11,12)13)49-30-24-46(25-31-49)65(14,15)16/h17-39H,2H2,1,3-16H3. The quantitative estimate of drug-likeness (QED) is 0.115. The Morgan fingerprint density at radius 1 is 0.464 bits per heavy atom. The van der Waals surface area contributed by atoms with Gasteiger partial charge in [-0.25, -0.2) is 0 Å². The summed E-state index contributed by atoms with van der Waals surface area (Å²) in [5.41, 5.74) is 20.2. The average molecular weight is 939 g/mol. The predicted octanol–water partition coefficient (Wildman–Crippen LogP) is 19.4. The topological polar surface area (TPSA) is 0 Å². The lowest BCUT2D eigenvalue weighted by atomic mass is 9.66. The van der Waals surface area contributed by atoms with Gasteiger partial charge in [0.15, 0.2) is 0 Å². The van der Waals surface area contributed by atoms with Gasteiger partial charge < -0.3 is 0 Å². The maximum absolute atomic E-state index is 4.58. The summed E-state index contributed by atoms with van der Waals surface area (Å²) in [5.74, 6) is 0. The highest BCUT2D eigenvalue weighted by atomic mass is 32.1. The van der Waals surface area contributed by atoms with E-state index in [9.17, 15) is 0 Å². The van der Waals surface area contributed by atoms with Crippen LogP contribution in [0.1, 0.15) is 157 Å². The second-order valence-corrected chi connectivity index (χ2v) is 26.1. The Bertz CT molecular complexity index is 3360. The molecule has 0 spiro atoms. The van der Waals surface area contributed by atoms with Crippen LogP contribution in [0.5, 0.6) is 0 Å². The highest BCUT2D eigenvalue weighted by Crippen LogP contribution is 2.62. The van der Waals surface area contributed by atoms with Gasteiger partial charge in [-0.1, -0.05) is 181 Å². The van der Waals surface area contributed by atoms with Gasteiger partial charge in [0.05, 0.1) is 10.8 Å². The zero-order valence-electron chi connectivity index (χ0n) is 43.8. The molecule has 0 amide bonds. The van der Waals surface area contributed by atoms with E-state index < -0.39 is 10.8 Å². The third-order valence-electron chi connectivity index (χ3n) is 16.1. The van der Waals surface area contributed by atoms with Gasteiger partial charge in [0, 0.05) is 9.75 Å². The Kier molecular flexibility index (Phi) is 10.9. The van der Waals surface area contributed by atoms with Crippen LogP contribution in [0.25, 0.3) is 42.4 Å². The summed E-state index contributed by atoms with van der Waals surface area (Å²) >= 11 is 3.77. The minimum atomic E-state index is -0.544. The minimum absolute atomic E-state index is 0.0349. The fourth-order valence-electron chi connectivity index (χ4n) is 11.7. The van der Waals surface area contributed by atoms with E-state index in [1.807, 2.05) is 22.7 Å². The molecule has 2 heteroatoms. The fourth-order valence-corrected chi connectivity index (χ4v) is 13.7. The summed E-state index contributed by atoms with van der Waals surface area (Å²) in [4.78, 5) is 2.74. The van der Waals surface area contributed by atoms with Crippen LogP contribution in [0.3, 0.4) is 0 Å². The van der Waals surface area contributed by atoms with E-state index in [2.05, 4.69) is 249 Å². The Morgan fingerprint density at radius 3 is 1.30 bits per heavy atom. The molecule has 10 rings (SSSR count). The predicted molar refractivity (Wildman–Crippen MR) is 303 cm³/mol. The fraction of sp³-hybridized carbons (Fsp3) is 0.313. The SMILES string of the molecule is C=C(C=CC(=CC)C1(c2ccc(C(C)(C)C)cc2)c2cc3c(cc2-c2sccc21)c(C)c(C)c1cc2c(cc13)C(c1ccc(C(C)(C)C)cc1)(c1ccc(C(C)(C)C)cc1)c1ccsc1-2)C(C)(C)C. The van der Waals surface area contributed by atoms with E-state index in [0.29, 0.717) is 0 Å². The van der Waals surface area contributed by atoms with E-state index in [1.54, 1.807) is 0 Å². The molecule has 1 atom stereocenters. The number of aryl methyl sites for hydroxylation is 2. The first-order chi connectivity index (χ1) is 32.4. The maximum atomic E-state index is 4.58. The molecular weight excluding hydrogens is 869 g/mol. The normalized spacial score (nSPS) is 16.9. The van der Waals surface area contributed by atoms with Crippen molar-refractivity contribution in [3.63, 3.8) is 0 Å². The van der Waals surface area contributed by atoms with Crippen LogP contribution >= 0.6 is 22.7 Å². The first-order valence-electron chi connectivity index (χ1n) is 25.0. The lowest BCUT2D eigenvalue weighted by Gasteiger charge is -2.35. The molecule has 2 aliphatic rings. The number of benzene rings is 6. The molecule has 0 radical (unpaired) electrons. The number of fused-ring (bicyclic) bond motifs is 9. The molecule has 0 nitrogen and oxygen atoms in total. The van der Waals surface area contributed by atoms with Gasteiger partial charge in [-0.05, 0) is 200 Å². The molecule has 0 fully saturated rings. The largest absolute Gasteiger partial charge is 0.143 e. The Morgan fingerprint density at radius 2 is 0.870 bits per heavy atom. The molecule has 0 bridgehead atoms. The first kappa shape index (κ1) is 47.2. The van der Waals surface area contributed by atoms with Crippen molar-refractivity contribution in [2.24, 2.45) is 5.41 Å². The van der Waals surface area contributed by atoms with Crippen LogP contribution in [0.4, 0.5) is 0 Å². The molecule has 0 aliphatic heterocycles. The van der Waals surface area contributed by atoms with Crippen molar-refractivity contribution >= 4 is 44.2 Å². The Labute approximate surface area is 421 Å². The van der Waals surface area contributed by atoms with Crippen LogP contribution in [-0.4, -0.2) is 0 Å². The molecule has 350 valence electrons. The molecule has 8 aromatic rings. The summed E-state index contributed by atoms with van der Waals surface area (Å²) in [5, 5.41) is 9.92.